The molecule has 0 spiro atoms. The van der Waals surface area contributed by atoms with Crippen molar-refractivity contribution in [2.24, 2.45) is 0 Å². The number of ether oxygens (including phenoxy) is 2. The first-order valence-corrected chi connectivity index (χ1v) is 8.34. The van der Waals surface area contributed by atoms with Crippen LogP contribution < -0.4 is 0 Å². The summed E-state index contributed by atoms with van der Waals surface area (Å²) in [5.74, 6) is 0. The van der Waals surface area contributed by atoms with Crippen LogP contribution in [0.25, 0.3) is 0 Å². The average Bonchev–Trinajstić information content (AvgIpc) is 3.45. The minimum absolute atomic E-state index is 0.239. The molecule has 2 fully saturated rings. The average molecular weight is 298 g/mol. The van der Waals surface area contributed by atoms with Crippen LogP contribution in [0.4, 0.5) is 0 Å². The van der Waals surface area contributed by atoms with E-state index in [2.05, 4.69) is 54.6 Å². The molecule has 0 radical (unpaired) electrons. The van der Waals surface area contributed by atoms with E-state index in [-0.39, 0.29) is 12.2 Å². The molecule has 4 rings (SSSR count). The zero-order chi connectivity index (χ0) is 14.1. The molecule has 0 aliphatic carbocycles. The number of thioether (sulfide) groups is 1. The summed E-state index contributed by atoms with van der Waals surface area (Å²) in [6.45, 7) is 1.53. The van der Waals surface area contributed by atoms with Crippen LogP contribution in [0.5, 0.6) is 0 Å². The van der Waals surface area contributed by atoms with E-state index in [4.69, 9.17) is 9.47 Å². The molecule has 3 heteroatoms. The van der Waals surface area contributed by atoms with E-state index in [1.54, 1.807) is 0 Å². The van der Waals surface area contributed by atoms with Crippen molar-refractivity contribution in [3.63, 3.8) is 0 Å². The topological polar surface area (TPSA) is 21.8 Å². The molecule has 2 saturated heterocycles. The van der Waals surface area contributed by atoms with Gasteiger partial charge in [0.25, 0.3) is 0 Å². The van der Waals surface area contributed by atoms with E-state index in [0.29, 0.717) is 17.1 Å². The van der Waals surface area contributed by atoms with Gasteiger partial charge in [0.05, 0.1) is 13.2 Å². The highest BCUT2D eigenvalue weighted by molar-refractivity contribution is 8.07. The molecule has 21 heavy (non-hydrogen) atoms. The van der Waals surface area contributed by atoms with Crippen LogP contribution in [-0.4, -0.2) is 24.6 Å². The fourth-order valence-electron chi connectivity index (χ4n) is 2.71. The summed E-state index contributed by atoms with van der Waals surface area (Å²) in [6.07, 6.45) is 0.481. The van der Waals surface area contributed by atoms with E-state index in [0.717, 1.165) is 6.61 Å². The summed E-state index contributed by atoms with van der Waals surface area (Å²) < 4.78 is 11.5. The van der Waals surface area contributed by atoms with Gasteiger partial charge in [0.15, 0.2) is 0 Å². The maximum absolute atomic E-state index is 5.84. The third-order valence-corrected chi connectivity index (χ3v) is 5.32. The highest BCUT2D eigenvalue weighted by Crippen LogP contribution is 2.54. The van der Waals surface area contributed by atoms with Crippen molar-refractivity contribution in [1.29, 1.82) is 0 Å². The first-order chi connectivity index (χ1) is 10.4. The third-order valence-electron chi connectivity index (χ3n) is 3.99. The van der Waals surface area contributed by atoms with Gasteiger partial charge in [-0.1, -0.05) is 60.7 Å². The largest absolute Gasteiger partial charge is 0.377 e. The lowest BCUT2D eigenvalue weighted by Crippen LogP contribution is -2.08. The number of hydrogen-bond donors (Lipinski definition) is 0. The summed E-state index contributed by atoms with van der Waals surface area (Å²) in [4.78, 5) is 0. The van der Waals surface area contributed by atoms with Crippen LogP contribution in [0.1, 0.15) is 22.5 Å². The van der Waals surface area contributed by atoms with Gasteiger partial charge in [0.2, 0.25) is 0 Å². The Morgan fingerprint density at radius 1 is 0.857 bits per heavy atom. The van der Waals surface area contributed by atoms with E-state index in [1.165, 1.54) is 11.1 Å². The van der Waals surface area contributed by atoms with Gasteiger partial charge in [-0.3, -0.25) is 0 Å². The van der Waals surface area contributed by atoms with Gasteiger partial charge in [-0.15, -0.1) is 11.8 Å². The number of rotatable bonds is 6. The second-order valence-electron chi connectivity index (χ2n) is 5.55. The second-order valence-corrected chi connectivity index (χ2v) is 6.93. The molecule has 2 aromatic carbocycles. The molecule has 108 valence electrons. The molecule has 2 aromatic rings. The fraction of sp³-hybridized carbons (Fsp3) is 0.333. The molecule has 4 unspecified atom stereocenters. The van der Waals surface area contributed by atoms with Gasteiger partial charge in [-0.2, -0.15) is 0 Å². The molecule has 2 heterocycles. The molecule has 0 aromatic heterocycles. The maximum atomic E-state index is 5.84. The normalized spacial score (nSPS) is 30.1. The van der Waals surface area contributed by atoms with E-state index in [9.17, 15) is 0 Å². The minimum Gasteiger partial charge on any atom is -0.377 e. The van der Waals surface area contributed by atoms with Crippen LogP contribution in [-0.2, 0) is 9.47 Å². The lowest BCUT2D eigenvalue weighted by atomic mass is 10.1. The zero-order valence-electron chi connectivity index (χ0n) is 11.7. The third kappa shape index (κ3) is 3.15. The molecule has 0 bridgehead atoms. The number of benzene rings is 2. The molecule has 0 N–H and O–H groups in total. The van der Waals surface area contributed by atoms with Crippen LogP contribution in [0.2, 0.25) is 0 Å². The summed E-state index contributed by atoms with van der Waals surface area (Å²) in [5, 5.41) is 1.23. The van der Waals surface area contributed by atoms with Gasteiger partial charge in [-0.05, 0) is 11.1 Å². The van der Waals surface area contributed by atoms with E-state index < -0.39 is 0 Å². The van der Waals surface area contributed by atoms with Crippen molar-refractivity contribution >= 4 is 11.8 Å². The number of epoxide rings is 1. The van der Waals surface area contributed by atoms with Crippen molar-refractivity contribution < 1.29 is 9.47 Å². The summed E-state index contributed by atoms with van der Waals surface area (Å²) in [7, 11) is 0. The van der Waals surface area contributed by atoms with Crippen molar-refractivity contribution in [3.05, 3.63) is 71.8 Å². The fourth-order valence-corrected chi connectivity index (χ4v) is 3.72. The smallest absolute Gasteiger partial charge is 0.112 e. The SMILES string of the molecule is c1ccc(C2OC2COCC2SC2c2ccccc2)cc1. The van der Waals surface area contributed by atoms with Crippen molar-refractivity contribution in [2.45, 2.75) is 22.7 Å². The monoisotopic (exact) mass is 298 g/mol. The van der Waals surface area contributed by atoms with Gasteiger partial charge in [-0.25, -0.2) is 0 Å². The standard InChI is InChI=1S/C18H18O2S/c1-3-7-13(8-4-1)17-15(20-17)11-19-12-16-18(21-16)14-9-5-2-6-10-14/h1-10,15-18H,11-12H2. The Morgan fingerprint density at radius 2 is 1.52 bits per heavy atom. The van der Waals surface area contributed by atoms with Crippen LogP contribution in [0, 0.1) is 0 Å². The Morgan fingerprint density at radius 3 is 2.24 bits per heavy atom. The van der Waals surface area contributed by atoms with E-state index in [1.807, 2.05) is 17.8 Å². The lowest BCUT2D eigenvalue weighted by Gasteiger charge is -2.01. The second kappa shape index (κ2) is 5.84. The van der Waals surface area contributed by atoms with Crippen LogP contribution >= 0.6 is 11.8 Å². The van der Waals surface area contributed by atoms with Gasteiger partial charge >= 0.3 is 0 Å². The minimum atomic E-state index is 0.239. The van der Waals surface area contributed by atoms with E-state index >= 15 is 0 Å². The Balaban J connectivity index is 1.19. The Labute approximate surface area is 129 Å². The van der Waals surface area contributed by atoms with Crippen molar-refractivity contribution in [1.82, 2.24) is 0 Å². The number of hydrogen-bond acceptors (Lipinski definition) is 3. The van der Waals surface area contributed by atoms with Gasteiger partial charge < -0.3 is 9.47 Å². The Hall–Kier alpha value is -1.29. The molecule has 0 amide bonds. The summed E-state index contributed by atoms with van der Waals surface area (Å²) in [5.41, 5.74) is 2.68. The van der Waals surface area contributed by atoms with Crippen LogP contribution in [0.15, 0.2) is 60.7 Å². The quantitative estimate of drug-likeness (QED) is 0.752. The summed E-state index contributed by atoms with van der Waals surface area (Å²) >= 11 is 1.99. The first-order valence-electron chi connectivity index (χ1n) is 7.40. The van der Waals surface area contributed by atoms with Crippen molar-refractivity contribution in [3.8, 4) is 0 Å². The first kappa shape index (κ1) is 13.4. The summed E-state index contributed by atoms with van der Waals surface area (Å²) in [6, 6.07) is 21.1. The molecular formula is C18H18O2S. The predicted molar refractivity (Wildman–Crippen MR) is 85.4 cm³/mol. The van der Waals surface area contributed by atoms with Crippen molar-refractivity contribution in [2.75, 3.05) is 13.2 Å². The van der Waals surface area contributed by atoms with Crippen LogP contribution in [0.3, 0.4) is 0 Å². The Kier molecular flexibility index (Phi) is 3.72. The Bertz CT molecular complexity index is 533. The zero-order valence-corrected chi connectivity index (χ0v) is 12.5. The molecule has 2 aliphatic heterocycles. The molecule has 4 atom stereocenters. The molecule has 2 aliphatic rings. The predicted octanol–water partition coefficient (Wildman–Crippen LogP) is 4.00. The van der Waals surface area contributed by atoms with Gasteiger partial charge in [0.1, 0.15) is 12.2 Å². The molecular weight excluding hydrogens is 280 g/mol. The maximum Gasteiger partial charge on any atom is 0.112 e. The highest BCUT2D eigenvalue weighted by atomic mass is 32.2. The molecule has 2 nitrogen and oxygen atoms in total. The van der Waals surface area contributed by atoms with Gasteiger partial charge in [0, 0.05) is 10.5 Å². The lowest BCUT2D eigenvalue weighted by molar-refractivity contribution is 0.121. The highest BCUT2D eigenvalue weighted by Gasteiger charge is 2.42. The molecule has 0 saturated carbocycles.